The van der Waals surface area contributed by atoms with E-state index in [1.165, 1.54) is 0 Å². The van der Waals surface area contributed by atoms with Gasteiger partial charge in [0.15, 0.2) is 0 Å². The fourth-order valence-electron chi connectivity index (χ4n) is 1.54. The molecule has 78 valence electrons. The Labute approximate surface area is 90.0 Å². The Morgan fingerprint density at radius 1 is 1.15 bits per heavy atom. The summed E-state index contributed by atoms with van der Waals surface area (Å²) in [6, 6.07) is 0. The summed E-state index contributed by atoms with van der Waals surface area (Å²) in [7, 11) is 0. The van der Waals surface area contributed by atoms with Crippen molar-refractivity contribution in [3.8, 4) is 0 Å². The van der Waals surface area contributed by atoms with Crippen molar-refractivity contribution >= 4 is 30.7 Å². The Bertz CT molecular complexity index is 185. The first-order valence-corrected chi connectivity index (χ1v) is 4.03. The van der Waals surface area contributed by atoms with Gasteiger partial charge in [0.2, 0.25) is 5.91 Å². The molecule has 1 amide bonds. The van der Waals surface area contributed by atoms with Crippen molar-refractivity contribution in [2.45, 2.75) is 12.0 Å². The lowest BCUT2D eigenvalue weighted by Crippen LogP contribution is -2.71. The number of halogens is 2. The van der Waals surface area contributed by atoms with Crippen LogP contribution in [0.25, 0.3) is 0 Å². The van der Waals surface area contributed by atoms with E-state index in [0.29, 0.717) is 6.42 Å². The van der Waals surface area contributed by atoms with Gasteiger partial charge in [-0.25, -0.2) is 0 Å². The Morgan fingerprint density at radius 3 is 2.38 bits per heavy atom. The number of carbonyl (C=O) groups excluding carboxylic acids is 1. The highest BCUT2D eigenvalue weighted by atomic mass is 35.5. The Kier molecular flexibility index (Phi) is 4.99. The van der Waals surface area contributed by atoms with E-state index in [0.717, 1.165) is 26.2 Å². The molecule has 2 aliphatic rings. The molecular formula is C7H15Cl2N3O. The van der Waals surface area contributed by atoms with E-state index in [1.54, 1.807) is 0 Å². The Morgan fingerprint density at radius 2 is 1.85 bits per heavy atom. The largest absolute Gasteiger partial charge is 0.354 e. The second-order valence-corrected chi connectivity index (χ2v) is 3.34. The van der Waals surface area contributed by atoms with Crippen LogP contribution in [0.15, 0.2) is 0 Å². The molecular weight excluding hydrogens is 213 g/mol. The number of rotatable bonds is 0. The van der Waals surface area contributed by atoms with Crippen LogP contribution in [-0.4, -0.2) is 37.6 Å². The first kappa shape index (κ1) is 13.0. The number of hydrogen-bond donors (Lipinski definition) is 3. The van der Waals surface area contributed by atoms with Crippen LogP contribution < -0.4 is 16.0 Å². The lowest BCUT2D eigenvalue weighted by molar-refractivity contribution is -0.120. The molecule has 2 fully saturated rings. The molecule has 2 saturated heterocycles. The minimum Gasteiger partial charge on any atom is -0.354 e. The van der Waals surface area contributed by atoms with E-state index >= 15 is 0 Å². The van der Waals surface area contributed by atoms with Crippen molar-refractivity contribution in [3.05, 3.63) is 0 Å². The van der Waals surface area contributed by atoms with Gasteiger partial charge in [-0.05, 0) is 0 Å². The summed E-state index contributed by atoms with van der Waals surface area (Å²) in [5.41, 5.74) is 0.173. The molecule has 0 unspecified atom stereocenters. The molecule has 1 spiro atoms. The molecule has 0 radical (unpaired) electrons. The zero-order valence-corrected chi connectivity index (χ0v) is 8.89. The zero-order chi connectivity index (χ0) is 7.73. The van der Waals surface area contributed by atoms with Crippen LogP contribution in [0.5, 0.6) is 0 Å². The van der Waals surface area contributed by atoms with Crippen molar-refractivity contribution in [1.29, 1.82) is 0 Å². The molecule has 2 heterocycles. The average Bonchev–Trinajstić information content (AvgIpc) is 2.09. The van der Waals surface area contributed by atoms with Crippen molar-refractivity contribution in [1.82, 2.24) is 16.0 Å². The summed E-state index contributed by atoms with van der Waals surface area (Å²) in [4.78, 5) is 10.9. The molecule has 6 heteroatoms. The van der Waals surface area contributed by atoms with Gasteiger partial charge >= 0.3 is 0 Å². The second-order valence-electron chi connectivity index (χ2n) is 3.34. The number of amides is 1. The summed E-state index contributed by atoms with van der Waals surface area (Å²) < 4.78 is 0. The summed E-state index contributed by atoms with van der Waals surface area (Å²) in [5, 5.41) is 9.48. The predicted octanol–water partition coefficient (Wildman–Crippen LogP) is -0.718. The fraction of sp³-hybridized carbons (Fsp3) is 0.857. The molecule has 2 rings (SSSR count). The van der Waals surface area contributed by atoms with Crippen LogP contribution in [0.1, 0.15) is 6.42 Å². The highest BCUT2D eigenvalue weighted by molar-refractivity contribution is 5.85. The van der Waals surface area contributed by atoms with Gasteiger partial charge in [0.25, 0.3) is 0 Å². The van der Waals surface area contributed by atoms with Gasteiger partial charge in [0.1, 0.15) is 0 Å². The minimum absolute atomic E-state index is 0. The molecule has 0 aliphatic carbocycles. The molecule has 4 nitrogen and oxygen atoms in total. The lowest BCUT2D eigenvalue weighted by atomic mass is 9.93. The van der Waals surface area contributed by atoms with Crippen LogP contribution in [0.4, 0.5) is 0 Å². The van der Waals surface area contributed by atoms with Crippen molar-refractivity contribution < 1.29 is 4.79 Å². The first-order valence-electron chi connectivity index (χ1n) is 4.03. The summed E-state index contributed by atoms with van der Waals surface area (Å²) in [6.07, 6.45) is 0.613. The molecule has 13 heavy (non-hydrogen) atoms. The van der Waals surface area contributed by atoms with Crippen LogP contribution >= 0.6 is 24.8 Å². The first-order chi connectivity index (χ1) is 5.31. The van der Waals surface area contributed by atoms with Gasteiger partial charge in [0.05, 0.1) is 5.54 Å². The third kappa shape index (κ3) is 2.71. The van der Waals surface area contributed by atoms with E-state index in [1.807, 2.05) is 0 Å². The highest BCUT2D eigenvalue weighted by Crippen LogP contribution is 2.11. The van der Waals surface area contributed by atoms with Crippen molar-refractivity contribution in [3.63, 3.8) is 0 Å². The third-order valence-corrected chi connectivity index (χ3v) is 2.40. The van der Waals surface area contributed by atoms with Crippen LogP contribution in [0, 0.1) is 0 Å². The Balaban J connectivity index is 0.000000720. The minimum atomic E-state index is 0. The smallest absolute Gasteiger partial charge is 0.221 e. The molecule has 0 saturated carbocycles. The summed E-state index contributed by atoms with van der Waals surface area (Å²) in [5.74, 6) is 0.168. The maximum atomic E-state index is 10.9. The molecule has 0 bridgehead atoms. The molecule has 3 N–H and O–H groups in total. The van der Waals surface area contributed by atoms with Gasteiger partial charge in [-0.2, -0.15) is 0 Å². The number of hydrogen-bond acceptors (Lipinski definition) is 3. The molecule has 0 aromatic heterocycles. The van der Waals surface area contributed by atoms with Crippen LogP contribution in [0.2, 0.25) is 0 Å². The zero-order valence-electron chi connectivity index (χ0n) is 7.26. The number of nitrogens with one attached hydrogen (secondary N) is 3. The maximum absolute atomic E-state index is 10.9. The SMILES string of the molecule is Cl.Cl.O=C1CCNC2(CNC2)CN1. The van der Waals surface area contributed by atoms with E-state index in [-0.39, 0.29) is 36.3 Å². The fourth-order valence-corrected chi connectivity index (χ4v) is 1.54. The van der Waals surface area contributed by atoms with Gasteiger partial charge in [-0.3, -0.25) is 4.79 Å². The van der Waals surface area contributed by atoms with E-state index < -0.39 is 0 Å². The van der Waals surface area contributed by atoms with Crippen LogP contribution in [0.3, 0.4) is 0 Å². The van der Waals surface area contributed by atoms with Gasteiger partial charge < -0.3 is 16.0 Å². The highest BCUT2D eigenvalue weighted by Gasteiger charge is 2.37. The molecule has 0 atom stereocenters. The van der Waals surface area contributed by atoms with E-state index in [9.17, 15) is 4.79 Å². The summed E-state index contributed by atoms with van der Waals surface area (Å²) in [6.45, 7) is 3.55. The molecule has 0 aromatic rings. The quantitative estimate of drug-likeness (QED) is 0.513. The summed E-state index contributed by atoms with van der Waals surface area (Å²) >= 11 is 0. The second kappa shape index (κ2) is 5.00. The monoisotopic (exact) mass is 227 g/mol. The Hall–Kier alpha value is -0.0300. The van der Waals surface area contributed by atoms with Crippen molar-refractivity contribution in [2.24, 2.45) is 0 Å². The topological polar surface area (TPSA) is 53.2 Å². The van der Waals surface area contributed by atoms with E-state index in [2.05, 4.69) is 16.0 Å². The lowest BCUT2D eigenvalue weighted by Gasteiger charge is -2.42. The molecule has 0 aromatic carbocycles. The third-order valence-electron chi connectivity index (χ3n) is 2.40. The van der Waals surface area contributed by atoms with E-state index in [4.69, 9.17) is 0 Å². The predicted molar refractivity (Wildman–Crippen MR) is 55.7 cm³/mol. The van der Waals surface area contributed by atoms with Crippen molar-refractivity contribution in [2.75, 3.05) is 26.2 Å². The van der Waals surface area contributed by atoms with Crippen LogP contribution in [-0.2, 0) is 4.79 Å². The maximum Gasteiger partial charge on any atom is 0.221 e. The van der Waals surface area contributed by atoms with Gasteiger partial charge in [-0.15, -0.1) is 24.8 Å². The standard InChI is InChI=1S/C7H13N3O.2ClH/c11-6-1-2-10-7(5-9-6)3-8-4-7;;/h8,10H,1-5H2,(H,9,11);2*1H. The normalized spacial score (nSPS) is 24.5. The average molecular weight is 228 g/mol. The number of carbonyl (C=O) groups is 1. The van der Waals surface area contributed by atoms with Gasteiger partial charge in [-0.1, -0.05) is 0 Å². The van der Waals surface area contributed by atoms with Gasteiger partial charge in [0, 0.05) is 32.6 Å². The molecule has 2 aliphatic heterocycles.